The van der Waals surface area contributed by atoms with Gasteiger partial charge in [-0.1, -0.05) is 84.0 Å². The summed E-state index contributed by atoms with van der Waals surface area (Å²) >= 11 is 4.89. The normalized spacial score (nSPS) is 15.1. The zero-order valence-corrected chi connectivity index (χ0v) is 24.1. The van der Waals surface area contributed by atoms with Gasteiger partial charge in [0.15, 0.2) is 5.76 Å². The molecule has 0 saturated heterocycles. The Morgan fingerprint density at radius 2 is 1.85 bits per heavy atom. The van der Waals surface area contributed by atoms with Gasteiger partial charge in [0.25, 0.3) is 5.56 Å². The number of aromatic nitrogens is 2. The van der Waals surface area contributed by atoms with Crippen molar-refractivity contribution >= 4 is 50.6 Å². The molecule has 9 heteroatoms. The van der Waals surface area contributed by atoms with Gasteiger partial charge in [-0.05, 0) is 37.8 Å². The third-order valence-electron chi connectivity index (χ3n) is 6.99. The smallest absolute Gasteiger partial charge is 0.327 e. The van der Waals surface area contributed by atoms with Crippen molar-refractivity contribution in [3.8, 4) is 22.6 Å². The fourth-order valence-electron chi connectivity index (χ4n) is 5.02. The minimum absolute atomic E-state index is 0.265. The quantitative estimate of drug-likeness (QED) is 0.219. The summed E-state index contributed by atoms with van der Waals surface area (Å²) in [6, 6.07) is 24.8. The number of allylic oxidation sites excluding steroid dienone is 1. The number of aliphatic imine (C=N–C) groups is 1. The maximum absolute atomic E-state index is 13.5. The molecule has 0 fully saturated rings. The van der Waals surface area contributed by atoms with E-state index in [4.69, 9.17) is 4.52 Å². The fourth-order valence-corrected chi connectivity index (χ4v) is 6.88. The summed E-state index contributed by atoms with van der Waals surface area (Å²) < 4.78 is 7.54. The largest absolute Gasteiger partial charge is 0.480 e. The first-order chi connectivity index (χ1) is 20.0. The third-order valence-corrected chi connectivity index (χ3v) is 8.97. The van der Waals surface area contributed by atoms with Crippen LogP contribution in [-0.2, 0) is 11.2 Å². The van der Waals surface area contributed by atoms with Crippen molar-refractivity contribution < 1.29 is 14.4 Å². The Hall–Kier alpha value is -4.21. The van der Waals surface area contributed by atoms with Crippen molar-refractivity contribution in [2.24, 2.45) is 4.99 Å². The number of benzene rings is 3. The van der Waals surface area contributed by atoms with Gasteiger partial charge in [0.1, 0.15) is 11.7 Å². The number of rotatable bonds is 5. The van der Waals surface area contributed by atoms with Gasteiger partial charge in [0.2, 0.25) is 0 Å². The number of pyridine rings is 1. The first kappa shape index (κ1) is 27.0. The van der Waals surface area contributed by atoms with Crippen LogP contribution in [0.3, 0.4) is 0 Å². The van der Waals surface area contributed by atoms with Crippen molar-refractivity contribution in [3.63, 3.8) is 0 Å². The summed E-state index contributed by atoms with van der Waals surface area (Å²) in [6.45, 7) is 0. The minimum Gasteiger partial charge on any atom is -0.480 e. The molecule has 2 aromatic heterocycles. The monoisotopic (exact) mass is 625 g/mol. The molecule has 7 nitrogen and oxygen atoms in total. The fraction of sp³-hybridized carbons (Fsp3) is 0.125. The van der Waals surface area contributed by atoms with E-state index < -0.39 is 12.0 Å². The molecule has 2 aliphatic rings. The molecule has 4 heterocycles. The van der Waals surface area contributed by atoms with E-state index in [2.05, 4.69) is 44.3 Å². The highest BCUT2D eigenvalue weighted by Gasteiger charge is 2.36. The first-order valence-corrected chi connectivity index (χ1v) is 14.8. The van der Waals surface area contributed by atoms with Crippen molar-refractivity contribution in [1.29, 1.82) is 0 Å². The van der Waals surface area contributed by atoms with Crippen LogP contribution in [0.15, 0.2) is 115 Å². The van der Waals surface area contributed by atoms with Gasteiger partial charge in [-0.25, -0.2) is 4.79 Å². The topological polar surface area (TPSA) is 97.7 Å². The molecule has 0 spiro atoms. The maximum atomic E-state index is 13.5. The standard InChI is InChI=1S/C28H19BrN2O4S.C4H5N/c29-25-20(13-18-11-6-10-16-7-4-5-12-19(16)18)24(27-31(26(25)32)22(15-36-27)28(33)34)23-14-21(30-35-23)17-8-2-1-3-9-17;1-2-4-5-3-1/h1-12,14,22H,13,15H2,(H,33,34);1,3-4H,2H2. The van der Waals surface area contributed by atoms with Gasteiger partial charge < -0.3 is 9.63 Å². The number of thioether (sulfide) groups is 1. The summed E-state index contributed by atoms with van der Waals surface area (Å²) in [7, 11) is 0. The molecule has 2 aliphatic heterocycles. The van der Waals surface area contributed by atoms with Crippen LogP contribution in [0, 0.1) is 0 Å². The predicted octanol–water partition coefficient (Wildman–Crippen LogP) is 7.38. The molecular weight excluding hydrogens is 602 g/mol. The van der Waals surface area contributed by atoms with Crippen molar-refractivity contribution in [2.75, 3.05) is 5.75 Å². The van der Waals surface area contributed by atoms with Crippen LogP contribution >= 0.6 is 27.7 Å². The van der Waals surface area contributed by atoms with Gasteiger partial charge in [-0.3, -0.25) is 14.4 Å². The average Bonchev–Trinajstić information content (AvgIpc) is 3.80. The zero-order valence-electron chi connectivity index (χ0n) is 21.7. The Labute approximate surface area is 248 Å². The minimum atomic E-state index is -1.04. The number of carboxylic acids is 1. The van der Waals surface area contributed by atoms with E-state index in [1.165, 1.54) is 16.3 Å². The maximum Gasteiger partial charge on any atom is 0.327 e. The molecule has 5 aromatic rings. The number of carboxylic acid groups (broad SMARTS) is 1. The lowest BCUT2D eigenvalue weighted by atomic mass is 9.95. The summed E-state index contributed by atoms with van der Waals surface area (Å²) in [6.07, 6.45) is 7.18. The van der Waals surface area contributed by atoms with Gasteiger partial charge >= 0.3 is 5.97 Å². The molecule has 7 rings (SSSR count). The van der Waals surface area contributed by atoms with Crippen LogP contribution in [0.2, 0.25) is 0 Å². The SMILES string of the molecule is C1=CN=CC1.O=C(O)C1CSc2c(-c3cc(-c4ccccc4)no3)c(Cc3cccc4ccccc34)c(Br)c(=O)n21. The second-order valence-electron chi connectivity index (χ2n) is 9.52. The number of hydrogen-bond acceptors (Lipinski definition) is 6. The van der Waals surface area contributed by atoms with E-state index in [0.29, 0.717) is 32.9 Å². The first-order valence-electron chi connectivity index (χ1n) is 13.0. The van der Waals surface area contributed by atoms with Crippen LogP contribution < -0.4 is 5.56 Å². The Morgan fingerprint density at radius 3 is 2.59 bits per heavy atom. The summed E-state index contributed by atoms with van der Waals surface area (Å²) in [5.41, 5.74) is 3.71. The van der Waals surface area contributed by atoms with Crippen LogP contribution in [0.25, 0.3) is 33.4 Å². The number of fused-ring (bicyclic) bond motifs is 2. The Balaban J connectivity index is 0.000000548. The van der Waals surface area contributed by atoms with Crippen LogP contribution in [0.5, 0.6) is 0 Å². The number of nitrogens with zero attached hydrogens (tertiary/aromatic N) is 3. The lowest BCUT2D eigenvalue weighted by molar-refractivity contribution is -0.140. The van der Waals surface area contributed by atoms with Crippen molar-refractivity contribution in [3.05, 3.63) is 117 Å². The molecule has 204 valence electrons. The highest BCUT2D eigenvalue weighted by Crippen LogP contribution is 2.44. The number of carbonyl (C=O) groups is 1. The average molecular weight is 627 g/mol. The van der Waals surface area contributed by atoms with Crippen LogP contribution in [0.1, 0.15) is 23.6 Å². The lowest BCUT2D eigenvalue weighted by Crippen LogP contribution is -2.30. The van der Waals surface area contributed by atoms with Crippen LogP contribution in [0.4, 0.5) is 0 Å². The Bertz CT molecular complexity index is 1860. The molecule has 0 bridgehead atoms. The number of aliphatic carboxylic acids is 1. The molecular formula is C32H24BrN3O4S. The van der Waals surface area contributed by atoms with E-state index in [9.17, 15) is 14.7 Å². The molecule has 0 amide bonds. The zero-order chi connectivity index (χ0) is 28.3. The van der Waals surface area contributed by atoms with Gasteiger partial charge in [0, 0.05) is 42.6 Å². The molecule has 41 heavy (non-hydrogen) atoms. The Morgan fingerprint density at radius 1 is 1.07 bits per heavy atom. The molecule has 3 aromatic carbocycles. The number of hydrogen-bond donors (Lipinski definition) is 1. The van der Waals surface area contributed by atoms with E-state index >= 15 is 0 Å². The van der Waals surface area contributed by atoms with Gasteiger partial charge in [-0.15, -0.1) is 11.8 Å². The van der Waals surface area contributed by atoms with E-state index in [-0.39, 0.29) is 11.3 Å². The molecule has 0 aliphatic carbocycles. The molecule has 1 atom stereocenters. The van der Waals surface area contributed by atoms with Gasteiger partial charge in [-0.2, -0.15) is 0 Å². The van der Waals surface area contributed by atoms with Crippen LogP contribution in [-0.4, -0.2) is 32.8 Å². The highest BCUT2D eigenvalue weighted by molar-refractivity contribution is 9.10. The predicted molar refractivity (Wildman–Crippen MR) is 166 cm³/mol. The van der Waals surface area contributed by atoms with Crippen molar-refractivity contribution in [2.45, 2.75) is 23.9 Å². The number of halogens is 1. The summed E-state index contributed by atoms with van der Waals surface area (Å²) in [5.74, 6) is -0.279. The highest BCUT2D eigenvalue weighted by atomic mass is 79.9. The summed E-state index contributed by atoms with van der Waals surface area (Å²) in [5, 5.41) is 16.9. The second-order valence-corrected chi connectivity index (χ2v) is 11.3. The Kier molecular flexibility index (Phi) is 7.71. The van der Waals surface area contributed by atoms with E-state index in [1.54, 1.807) is 6.20 Å². The van der Waals surface area contributed by atoms with E-state index in [0.717, 1.165) is 33.9 Å². The van der Waals surface area contributed by atoms with Gasteiger partial charge in [0.05, 0.1) is 15.1 Å². The lowest BCUT2D eigenvalue weighted by Gasteiger charge is -2.17. The molecule has 0 saturated carbocycles. The second kappa shape index (κ2) is 11.7. The molecule has 1 unspecified atom stereocenters. The van der Waals surface area contributed by atoms with E-state index in [1.807, 2.05) is 73.0 Å². The molecule has 1 N–H and O–H groups in total. The molecule has 0 radical (unpaired) electrons. The third kappa shape index (κ3) is 5.30. The summed E-state index contributed by atoms with van der Waals surface area (Å²) in [4.78, 5) is 29.2. The van der Waals surface area contributed by atoms with Crippen molar-refractivity contribution in [1.82, 2.24) is 9.72 Å².